The molecule has 2 aromatic rings. The van der Waals surface area contributed by atoms with E-state index in [1.54, 1.807) is 4.90 Å². The average molecular weight is 287 g/mol. The highest BCUT2D eigenvalue weighted by atomic mass is 16.4. The second-order valence-electron chi connectivity index (χ2n) is 5.46. The molecule has 1 aliphatic carbocycles. The molecule has 1 amide bonds. The molecular weight excluding hydrogens is 270 g/mol. The van der Waals surface area contributed by atoms with E-state index in [1.165, 1.54) is 0 Å². The van der Waals surface area contributed by atoms with Crippen LogP contribution in [0.25, 0.3) is 10.9 Å². The van der Waals surface area contributed by atoms with E-state index < -0.39 is 5.97 Å². The zero-order valence-corrected chi connectivity index (χ0v) is 11.6. The van der Waals surface area contributed by atoms with Gasteiger partial charge >= 0.3 is 5.97 Å². The summed E-state index contributed by atoms with van der Waals surface area (Å²) < 4.78 is 0. The minimum atomic E-state index is -0.893. The average Bonchev–Trinajstić information content (AvgIpc) is 3.19. The summed E-state index contributed by atoms with van der Waals surface area (Å²) in [6.07, 6.45) is 2.18. The Morgan fingerprint density at radius 1 is 1.33 bits per heavy atom. The van der Waals surface area contributed by atoms with Gasteiger partial charge in [-0.2, -0.15) is 5.10 Å². The van der Waals surface area contributed by atoms with Gasteiger partial charge in [0.2, 0.25) is 0 Å². The van der Waals surface area contributed by atoms with Gasteiger partial charge in [-0.05, 0) is 24.8 Å². The van der Waals surface area contributed by atoms with Crippen LogP contribution in [0.5, 0.6) is 0 Å². The fourth-order valence-electron chi connectivity index (χ4n) is 2.39. The third-order valence-corrected chi connectivity index (χ3v) is 3.73. The van der Waals surface area contributed by atoms with Gasteiger partial charge in [-0.3, -0.25) is 14.7 Å². The van der Waals surface area contributed by atoms with Crippen LogP contribution in [-0.2, 0) is 4.79 Å². The summed E-state index contributed by atoms with van der Waals surface area (Å²) in [5.41, 5.74) is 1.18. The number of H-pyrrole nitrogens is 1. The van der Waals surface area contributed by atoms with Crippen LogP contribution < -0.4 is 0 Å². The van der Waals surface area contributed by atoms with E-state index in [2.05, 4.69) is 10.2 Å². The van der Waals surface area contributed by atoms with Crippen LogP contribution in [0.2, 0.25) is 0 Å². The summed E-state index contributed by atoms with van der Waals surface area (Å²) in [4.78, 5) is 25.0. The number of hydrogen-bond acceptors (Lipinski definition) is 3. The van der Waals surface area contributed by atoms with E-state index in [1.807, 2.05) is 24.3 Å². The molecule has 1 fully saturated rings. The van der Waals surface area contributed by atoms with Crippen molar-refractivity contribution in [3.63, 3.8) is 0 Å². The number of nitrogens with zero attached hydrogens (tertiary/aromatic N) is 2. The van der Waals surface area contributed by atoms with Crippen LogP contribution in [0.15, 0.2) is 24.3 Å². The van der Waals surface area contributed by atoms with Gasteiger partial charge in [0.25, 0.3) is 5.91 Å². The standard InChI is InChI=1S/C15H17N3O3/c19-13(20)7-8-18(9-10-5-6-10)15(21)14-11-3-1-2-4-12(11)16-17-14/h1-4,10H,5-9H2,(H,16,17)(H,19,20). The first-order chi connectivity index (χ1) is 10.1. The summed E-state index contributed by atoms with van der Waals surface area (Å²) in [5.74, 6) is -0.580. The van der Waals surface area contributed by atoms with Crippen LogP contribution in [0, 0.1) is 5.92 Å². The van der Waals surface area contributed by atoms with E-state index in [4.69, 9.17) is 5.11 Å². The van der Waals surface area contributed by atoms with Crippen molar-refractivity contribution in [3.8, 4) is 0 Å². The second kappa shape index (κ2) is 5.55. The Labute approximate surface area is 121 Å². The Balaban J connectivity index is 1.83. The molecule has 21 heavy (non-hydrogen) atoms. The smallest absolute Gasteiger partial charge is 0.305 e. The molecule has 2 N–H and O–H groups in total. The molecule has 0 spiro atoms. The van der Waals surface area contributed by atoms with E-state index >= 15 is 0 Å². The number of nitrogens with one attached hydrogen (secondary N) is 1. The summed E-state index contributed by atoms with van der Waals surface area (Å²) in [5, 5.41) is 16.6. The number of rotatable bonds is 6. The van der Waals surface area contributed by atoms with Gasteiger partial charge in [0.15, 0.2) is 5.69 Å². The van der Waals surface area contributed by atoms with E-state index in [-0.39, 0.29) is 18.9 Å². The minimum absolute atomic E-state index is 0.0409. The molecule has 6 nitrogen and oxygen atoms in total. The lowest BCUT2D eigenvalue weighted by molar-refractivity contribution is -0.137. The first-order valence-corrected chi connectivity index (χ1v) is 7.09. The lowest BCUT2D eigenvalue weighted by atomic mass is 10.2. The van der Waals surface area contributed by atoms with Gasteiger partial charge in [-0.25, -0.2) is 0 Å². The number of aliphatic carboxylic acids is 1. The second-order valence-corrected chi connectivity index (χ2v) is 5.46. The van der Waals surface area contributed by atoms with Crippen molar-refractivity contribution in [2.45, 2.75) is 19.3 Å². The van der Waals surface area contributed by atoms with Crippen molar-refractivity contribution in [1.29, 1.82) is 0 Å². The predicted molar refractivity (Wildman–Crippen MR) is 77.0 cm³/mol. The van der Waals surface area contributed by atoms with Crippen LogP contribution in [-0.4, -0.2) is 45.2 Å². The molecule has 3 rings (SSSR count). The molecule has 0 saturated heterocycles. The maximum atomic E-state index is 12.6. The first kappa shape index (κ1) is 13.6. The van der Waals surface area contributed by atoms with Gasteiger partial charge in [0, 0.05) is 18.5 Å². The molecule has 1 aliphatic rings. The summed E-state index contributed by atoms with van der Waals surface area (Å²) in [7, 11) is 0. The Bertz CT molecular complexity index is 676. The molecule has 1 saturated carbocycles. The Hall–Kier alpha value is -2.37. The van der Waals surface area contributed by atoms with Crippen LogP contribution in [0.3, 0.4) is 0 Å². The highest BCUT2D eigenvalue weighted by molar-refractivity contribution is 6.04. The van der Waals surface area contributed by atoms with Crippen molar-refractivity contribution < 1.29 is 14.7 Å². The highest BCUT2D eigenvalue weighted by Crippen LogP contribution is 2.30. The number of carboxylic acids is 1. The number of para-hydroxylation sites is 1. The van der Waals surface area contributed by atoms with Gasteiger partial charge in [-0.15, -0.1) is 0 Å². The quantitative estimate of drug-likeness (QED) is 0.849. The van der Waals surface area contributed by atoms with Gasteiger partial charge in [0.05, 0.1) is 11.9 Å². The van der Waals surface area contributed by atoms with E-state index in [0.717, 1.165) is 23.7 Å². The third kappa shape index (κ3) is 3.04. The molecule has 0 aliphatic heterocycles. The first-order valence-electron chi connectivity index (χ1n) is 7.09. The number of amides is 1. The van der Waals surface area contributed by atoms with Crippen molar-refractivity contribution in [2.24, 2.45) is 5.92 Å². The lowest BCUT2D eigenvalue weighted by Gasteiger charge is -2.21. The maximum Gasteiger partial charge on any atom is 0.305 e. The number of aromatic amines is 1. The van der Waals surface area contributed by atoms with Crippen molar-refractivity contribution in [1.82, 2.24) is 15.1 Å². The van der Waals surface area contributed by atoms with Crippen LogP contribution in [0.4, 0.5) is 0 Å². The zero-order chi connectivity index (χ0) is 14.8. The Morgan fingerprint density at radius 2 is 2.10 bits per heavy atom. The highest BCUT2D eigenvalue weighted by Gasteiger charge is 2.29. The maximum absolute atomic E-state index is 12.6. The van der Waals surface area contributed by atoms with Crippen molar-refractivity contribution in [3.05, 3.63) is 30.0 Å². The zero-order valence-electron chi connectivity index (χ0n) is 11.6. The number of carbonyl (C=O) groups excluding carboxylic acids is 1. The molecule has 0 bridgehead atoms. The van der Waals surface area contributed by atoms with Crippen molar-refractivity contribution >= 4 is 22.8 Å². The Morgan fingerprint density at radius 3 is 2.81 bits per heavy atom. The molecule has 6 heteroatoms. The molecule has 0 radical (unpaired) electrons. The Kier molecular flexibility index (Phi) is 3.60. The molecule has 1 heterocycles. The number of carboxylic acid groups (broad SMARTS) is 1. The molecule has 110 valence electrons. The topological polar surface area (TPSA) is 86.3 Å². The number of fused-ring (bicyclic) bond motifs is 1. The SMILES string of the molecule is O=C(O)CCN(CC1CC1)C(=O)c1n[nH]c2ccccc12. The predicted octanol–water partition coefficient (Wildman–Crippen LogP) is 1.89. The number of aromatic nitrogens is 2. The minimum Gasteiger partial charge on any atom is -0.481 e. The largest absolute Gasteiger partial charge is 0.481 e. The molecule has 1 aromatic carbocycles. The van der Waals surface area contributed by atoms with E-state index in [9.17, 15) is 9.59 Å². The molecular formula is C15H17N3O3. The fraction of sp³-hybridized carbons (Fsp3) is 0.400. The number of benzene rings is 1. The van der Waals surface area contributed by atoms with Crippen molar-refractivity contribution in [2.75, 3.05) is 13.1 Å². The summed E-state index contributed by atoms with van der Waals surface area (Å²) in [6.45, 7) is 0.846. The molecule has 0 atom stereocenters. The summed E-state index contributed by atoms with van der Waals surface area (Å²) >= 11 is 0. The van der Waals surface area contributed by atoms with E-state index in [0.29, 0.717) is 18.2 Å². The van der Waals surface area contributed by atoms with Crippen LogP contribution >= 0.6 is 0 Å². The van der Waals surface area contributed by atoms with Crippen LogP contribution in [0.1, 0.15) is 29.8 Å². The third-order valence-electron chi connectivity index (χ3n) is 3.73. The van der Waals surface area contributed by atoms with Gasteiger partial charge in [0.1, 0.15) is 0 Å². The monoisotopic (exact) mass is 287 g/mol. The normalized spacial score (nSPS) is 14.3. The summed E-state index contributed by atoms with van der Waals surface area (Å²) in [6, 6.07) is 7.44. The molecule has 0 unspecified atom stereocenters. The number of carbonyl (C=O) groups is 2. The number of hydrogen-bond donors (Lipinski definition) is 2. The molecule has 1 aromatic heterocycles. The fourth-order valence-corrected chi connectivity index (χ4v) is 2.39. The van der Waals surface area contributed by atoms with Gasteiger partial charge in [-0.1, -0.05) is 18.2 Å². The van der Waals surface area contributed by atoms with Gasteiger partial charge < -0.3 is 10.0 Å². The lowest BCUT2D eigenvalue weighted by Crippen LogP contribution is -2.35.